The van der Waals surface area contributed by atoms with Crippen LogP contribution in [0.4, 0.5) is 0 Å². The summed E-state index contributed by atoms with van der Waals surface area (Å²) in [5.74, 6) is 0.793. The molecule has 11 rings (SSSR count). The van der Waals surface area contributed by atoms with Crippen LogP contribution in [0.3, 0.4) is 0 Å². The molecule has 0 saturated carbocycles. The molecular weight excluding hydrogens is 625 g/mol. The number of rotatable bonds is 3. The highest BCUT2D eigenvalue weighted by atomic mass is 16.3. The van der Waals surface area contributed by atoms with E-state index in [4.69, 9.17) is 9.41 Å². The van der Waals surface area contributed by atoms with Crippen molar-refractivity contribution in [1.82, 2.24) is 14.5 Å². The van der Waals surface area contributed by atoms with Crippen molar-refractivity contribution in [2.45, 2.75) is 6.04 Å². The first-order chi connectivity index (χ1) is 25.3. The van der Waals surface area contributed by atoms with E-state index in [9.17, 15) is 0 Å². The molecule has 51 heavy (non-hydrogen) atoms. The van der Waals surface area contributed by atoms with Crippen LogP contribution in [0.25, 0.3) is 76.9 Å². The average Bonchev–Trinajstić information content (AvgIpc) is 3.86. The molecule has 10 aromatic rings. The highest BCUT2D eigenvalue weighted by molar-refractivity contribution is 6.33. The number of nitrogens with one attached hydrogen (secondary N) is 1. The quantitative estimate of drug-likeness (QED) is 0.206. The predicted molar refractivity (Wildman–Crippen MR) is 211 cm³/mol. The predicted octanol–water partition coefficient (Wildman–Crippen LogP) is 11.4. The lowest BCUT2D eigenvalue weighted by molar-refractivity contribution is 0.669. The third kappa shape index (κ3) is 4.12. The van der Waals surface area contributed by atoms with Crippen LogP contribution in [0.15, 0.2) is 179 Å². The van der Waals surface area contributed by atoms with Gasteiger partial charge in [-0.05, 0) is 54.1 Å². The Morgan fingerprint density at radius 1 is 0.490 bits per heavy atom. The van der Waals surface area contributed by atoms with Gasteiger partial charge in [0.1, 0.15) is 11.2 Å². The minimum atomic E-state index is -0.0627. The number of hydrogen-bond acceptors (Lipinski definition) is 3. The second-order valence-corrected chi connectivity index (χ2v) is 13.2. The Morgan fingerprint density at radius 2 is 1.16 bits per heavy atom. The molecule has 0 saturated heterocycles. The number of benzene rings is 7. The first kappa shape index (κ1) is 28.0. The average molecular weight is 655 g/mol. The summed E-state index contributed by atoms with van der Waals surface area (Å²) in [7, 11) is 0. The van der Waals surface area contributed by atoms with E-state index in [1.165, 1.54) is 27.1 Å². The number of nitrogens with zero attached hydrogens (tertiary/aromatic N) is 3. The third-order valence-corrected chi connectivity index (χ3v) is 10.4. The monoisotopic (exact) mass is 654 g/mol. The summed E-state index contributed by atoms with van der Waals surface area (Å²) >= 11 is 0. The molecule has 0 aliphatic carbocycles. The van der Waals surface area contributed by atoms with E-state index < -0.39 is 0 Å². The summed E-state index contributed by atoms with van der Waals surface area (Å²) in [6.45, 7) is 0. The maximum atomic E-state index is 6.42. The molecule has 7 aromatic carbocycles. The molecule has 0 bridgehead atoms. The van der Waals surface area contributed by atoms with Crippen LogP contribution >= 0.6 is 0 Å². The standard InChI is InChI=1S/C46H30N4O/c1-4-14-29(15-5-1)35-28-36(30-16-6-2-7-17-30)48-46(47-35)50-37-22-12-10-20-32(37)43-39(50)25-24-34-42-38(49(45(34)43)31-18-8-3-9-19-31)26-27-41-44(42)33-21-11-13-23-40(33)51-41/h1-28,35H,(H,47,48). The van der Waals surface area contributed by atoms with Gasteiger partial charge in [-0.25, -0.2) is 4.99 Å². The highest BCUT2D eigenvalue weighted by Gasteiger charge is 2.26. The summed E-state index contributed by atoms with van der Waals surface area (Å²) in [5.41, 5.74) is 10.6. The molecule has 4 heterocycles. The Hall–Kier alpha value is -6.85. The Bertz CT molecular complexity index is 3040. The number of hydrogen-bond donors (Lipinski definition) is 1. The lowest BCUT2D eigenvalue weighted by Crippen LogP contribution is -2.35. The van der Waals surface area contributed by atoms with E-state index in [1.807, 2.05) is 6.07 Å². The summed E-state index contributed by atoms with van der Waals surface area (Å²) in [6.07, 6.45) is 2.23. The van der Waals surface area contributed by atoms with E-state index in [0.29, 0.717) is 0 Å². The molecule has 0 amide bonds. The second kappa shape index (κ2) is 10.8. The van der Waals surface area contributed by atoms with Crippen LogP contribution in [0, 0.1) is 0 Å². The van der Waals surface area contributed by atoms with Crippen LogP contribution in [-0.4, -0.2) is 15.1 Å². The van der Waals surface area contributed by atoms with Gasteiger partial charge in [0.25, 0.3) is 0 Å². The van der Waals surface area contributed by atoms with Gasteiger partial charge >= 0.3 is 0 Å². The minimum absolute atomic E-state index is 0.0627. The molecular formula is C46H30N4O. The normalized spacial score (nSPS) is 14.9. The van der Waals surface area contributed by atoms with E-state index >= 15 is 0 Å². The van der Waals surface area contributed by atoms with Crippen LogP contribution in [0.1, 0.15) is 17.2 Å². The molecule has 1 aliphatic heterocycles. The fourth-order valence-electron chi connectivity index (χ4n) is 8.18. The molecule has 0 fully saturated rings. The lowest BCUT2D eigenvalue weighted by atomic mass is 10.0. The van der Waals surface area contributed by atoms with Crippen molar-refractivity contribution in [3.05, 3.63) is 181 Å². The van der Waals surface area contributed by atoms with Crippen molar-refractivity contribution >= 4 is 77.2 Å². The molecule has 240 valence electrons. The second-order valence-electron chi connectivity index (χ2n) is 13.2. The van der Waals surface area contributed by atoms with Crippen molar-refractivity contribution < 1.29 is 4.42 Å². The summed E-state index contributed by atoms with van der Waals surface area (Å²) < 4.78 is 11.2. The Labute approximate surface area is 293 Å². The highest BCUT2D eigenvalue weighted by Crippen LogP contribution is 2.45. The zero-order valence-corrected chi connectivity index (χ0v) is 27.5. The summed E-state index contributed by atoms with van der Waals surface area (Å²) in [5, 5.41) is 10.8. The molecule has 5 heteroatoms. The van der Waals surface area contributed by atoms with Crippen LogP contribution in [0.2, 0.25) is 0 Å². The molecule has 1 aliphatic rings. The third-order valence-electron chi connectivity index (χ3n) is 10.4. The summed E-state index contributed by atoms with van der Waals surface area (Å²) in [4.78, 5) is 5.35. The fraction of sp³-hybridized carbons (Fsp3) is 0.0217. The van der Waals surface area contributed by atoms with E-state index in [-0.39, 0.29) is 6.04 Å². The SMILES string of the molecule is C1=C(c2ccccc2)N=C(n2c3ccccc3c3c2ccc2c4c5c(ccc4n(-c4ccccc4)c23)oc2ccccc25)NC1c1ccccc1. The Balaban J connectivity index is 1.27. The topological polar surface area (TPSA) is 47.4 Å². The van der Waals surface area contributed by atoms with Gasteiger partial charge in [-0.3, -0.25) is 4.57 Å². The molecule has 3 aromatic heterocycles. The largest absolute Gasteiger partial charge is 0.456 e. The van der Waals surface area contributed by atoms with Gasteiger partial charge in [-0.15, -0.1) is 0 Å². The van der Waals surface area contributed by atoms with Crippen LogP contribution in [0.5, 0.6) is 0 Å². The van der Waals surface area contributed by atoms with Crippen molar-refractivity contribution in [1.29, 1.82) is 0 Å². The molecule has 0 spiro atoms. The van der Waals surface area contributed by atoms with E-state index in [1.54, 1.807) is 0 Å². The van der Waals surface area contributed by atoms with Gasteiger partial charge in [-0.2, -0.15) is 0 Å². The lowest BCUT2D eigenvalue weighted by Gasteiger charge is -2.25. The maximum absolute atomic E-state index is 6.42. The molecule has 1 N–H and O–H groups in total. The zero-order chi connectivity index (χ0) is 33.5. The minimum Gasteiger partial charge on any atom is -0.456 e. The number of aromatic nitrogens is 2. The van der Waals surface area contributed by atoms with Crippen LogP contribution in [-0.2, 0) is 0 Å². The van der Waals surface area contributed by atoms with Gasteiger partial charge in [0.05, 0.1) is 33.8 Å². The van der Waals surface area contributed by atoms with Crippen molar-refractivity contribution in [2.75, 3.05) is 0 Å². The fourth-order valence-corrected chi connectivity index (χ4v) is 8.18. The van der Waals surface area contributed by atoms with Gasteiger partial charge in [0, 0.05) is 43.6 Å². The number of fused-ring (bicyclic) bond motifs is 11. The Kier molecular flexibility index (Phi) is 5.95. The number of para-hydroxylation sites is 3. The molecule has 1 unspecified atom stereocenters. The smallest absolute Gasteiger partial charge is 0.209 e. The van der Waals surface area contributed by atoms with Gasteiger partial charge in [0.15, 0.2) is 0 Å². The first-order valence-corrected chi connectivity index (χ1v) is 17.4. The number of furan rings is 1. The van der Waals surface area contributed by atoms with Crippen molar-refractivity contribution in [3.63, 3.8) is 0 Å². The van der Waals surface area contributed by atoms with E-state index in [0.717, 1.165) is 66.9 Å². The summed E-state index contributed by atoms with van der Waals surface area (Å²) in [6, 6.07) is 57.7. The van der Waals surface area contributed by atoms with Gasteiger partial charge < -0.3 is 14.3 Å². The Morgan fingerprint density at radius 3 is 1.98 bits per heavy atom. The van der Waals surface area contributed by atoms with Crippen molar-refractivity contribution in [3.8, 4) is 5.69 Å². The van der Waals surface area contributed by atoms with E-state index in [2.05, 4.69) is 178 Å². The number of aliphatic imine (C=N–C) groups is 1. The first-order valence-electron chi connectivity index (χ1n) is 17.4. The molecule has 5 nitrogen and oxygen atoms in total. The van der Waals surface area contributed by atoms with Crippen molar-refractivity contribution in [2.24, 2.45) is 4.99 Å². The van der Waals surface area contributed by atoms with Gasteiger partial charge in [0.2, 0.25) is 5.96 Å². The van der Waals surface area contributed by atoms with Gasteiger partial charge in [-0.1, -0.05) is 121 Å². The molecule has 0 radical (unpaired) electrons. The zero-order valence-electron chi connectivity index (χ0n) is 27.5. The molecule has 1 atom stereocenters. The maximum Gasteiger partial charge on any atom is 0.209 e. The van der Waals surface area contributed by atoms with Crippen LogP contribution < -0.4 is 5.32 Å².